The maximum atomic E-state index is 12.0. The number of nitrogens with zero attached hydrogens (tertiary/aromatic N) is 1. The van der Waals surface area contributed by atoms with E-state index in [2.05, 4.69) is 9.71 Å². The van der Waals surface area contributed by atoms with Gasteiger partial charge in [0.2, 0.25) is 0 Å². The highest BCUT2D eigenvalue weighted by Gasteiger charge is 2.30. The Morgan fingerprint density at radius 2 is 1.77 bits per heavy atom. The molecule has 1 atom stereocenters. The Bertz CT molecular complexity index is 801. The smallest absolute Gasteiger partial charge is 0.263 e. The predicted molar refractivity (Wildman–Crippen MR) is 84.4 cm³/mol. The zero-order valence-electron chi connectivity index (χ0n) is 12.1. The van der Waals surface area contributed by atoms with E-state index in [1.807, 2.05) is 30.3 Å². The van der Waals surface area contributed by atoms with Crippen LogP contribution in [0.1, 0.15) is 17.2 Å². The summed E-state index contributed by atoms with van der Waals surface area (Å²) in [5.74, 6) is 0.369. The third-order valence-electron chi connectivity index (χ3n) is 3.53. The minimum atomic E-state index is -3.50. The lowest BCUT2D eigenvalue weighted by Gasteiger charge is -2.13. The SMILES string of the molecule is COC(CN=C1NS(=O)(=O)c2ccccc21)c1ccccc1. The standard InChI is InChI=1S/C16H16N2O3S/c1-21-14(12-7-3-2-4-8-12)11-17-16-13-9-5-6-10-15(13)22(19,20)18-16/h2-10,14H,11H2,1H3,(H,17,18). The van der Waals surface area contributed by atoms with Gasteiger partial charge < -0.3 is 4.74 Å². The third-order valence-corrected chi connectivity index (χ3v) is 4.93. The zero-order chi connectivity index (χ0) is 15.6. The fourth-order valence-corrected chi connectivity index (χ4v) is 3.66. The second kappa shape index (κ2) is 5.90. The largest absolute Gasteiger partial charge is 0.375 e. The van der Waals surface area contributed by atoms with Gasteiger partial charge in [0, 0.05) is 12.7 Å². The van der Waals surface area contributed by atoms with Crippen LogP contribution in [0, 0.1) is 0 Å². The van der Waals surface area contributed by atoms with Gasteiger partial charge in [0.25, 0.3) is 10.0 Å². The van der Waals surface area contributed by atoms with Crippen LogP contribution >= 0.6 is 0 Å². The lowest BCUT2D eigenvalue weighted by Crippen LogP contribution is -2.23. The van der Waals surface area contributed by atoms with Gasteiger partial charge in [0.05, 0.1) is 11.4 Å². The lowest BCUT2D eigenvalue weighted by molar-refractivity contribution is 0.111. The summed E-state index contributed by atoms with van der Waals surface area (Å²) in [5, 5.41) is 0. The molecule has 3 rings (SSSR count). The first kappa shape index (κ1) is 14.7. The number of rotatable bonds is 4. The van der Waals surface area contributed by atoms with Crippen LogP contribution in [0.3, 0.4) is 0 Å². The molecule has 0 saturated carbocycles. The number of methoxy groups -OCH3 is 1. The average molecular weight is 316 g/mol. The molecular formula is C16H16N2O3S. The van der Waals surface area contributed by atoms with E-state index in [0.717, 1.165) is 5.56 Å². The molecule has 1 unspecified atom stereocenters. The van der Waals surface area contributed by atoms with Crippen molar-refractivity contribution in [2.45, 2.75) is 11.0 Å². The zero-order valence-corrected chi connectivity index (χ0v) is 12.9. The van der Waals surface area contributed by atoms with Gasteiger partial charge in [-0.2, -0.15) is 0 Å². The number of fused-ring (bicyclic) bond motifs is 1. The van der Waals surface area contributed by atoms with E-state index in [1.54, 1.807) is 31.4 Å². The summed E-state index contributed by atoms with van der Waals surface area (Å²) in [6.07, 6.45) is -0.217. The van der Waals surface area contributed by atoms with Gasteiger partial charge in [0.1, 0.15) is 11.9 Å². The highest BCUT2D eigenvalue weighted by Crippen LogP contribution is 2.23. The minimum Gasteiger partial charge on any atom is -0.375 e. The molecule has 0 bridgehead atoms. The molecule has 2 aromatic carbocycles. The van der Waals surface area contributed by atoms with Crippen molar-refractivity contribution in [1.82, 2.24) is 4.72 Å². The van der Waals surface area contributed by atoms with Crippen LogP contribution in [0.15, 0.2) is 64.5 Å². The van der Waals surface area contributed by atoms with Crippen LogP contribution < -0.4 is 4.72 Å². The van der Waals surface area contributed by atoms with Gasteiger partial charge in [-0.15, -0.1) is 0 Å². The molecule has 1 aliphatic rings. The van der Waals surface area contributed by atoms with Gasteiger partial charge >= 0.3 is 0 Å². The number of amidine groups is 1. The van der Waals surface area contributed by atoms with E-state index in [4.69, 9.17) is 4.74 Å². The van der Waals surface area contributed by atoms with E-state index in [1.165, 1.54) is 0 Å². The maximum absolute atomic E-state index is 12.0. The van der Waals surface area contributed by atoms with E-state index in [-0.39, 0.29) is 11.0 Å². The Morgan fingerprint density at radius 1 is 1.09 bits per heavy atom. The molecule has 2 aromatic rings. The van der Waals surface area contributed by atoms with Crippen LogP contribution in [0.4, 0.5) is 0 Å². The molecule has 0 spiro atoms. The molecule has 6 heteroatoms. The molecule has 0 fully saturated rings. The second-order valence-electron chi connectivity index (χ2n) is 4.93. The number of ether oxygens (including phenoxy) is 1. The molecule has 5 nitrogen and oxygen atoms in total. The average Bonchev–Trinajstić information content (AvgIpc) is 2.81. The third kappa shape index (κ3) is 2.75. The van der Waals surface area contributed by atoms with Crippen LogP contribution in [0.2, 0.25) is 0 Å². The van der Waals surface area contributed by atoms with E-state index in [9.17, 15) is 8.42 Å². The molecule has 1 aliphatic heterocycles. The topological polar surface area (TPSA) is 67.8 Å². The summed E-state index contributed by atoms with van der Waals surface area (Å²) in [5.41, 5.74) is 1.61. The first-order chi connectivity index (χ1) is 10.6. The summed E-state index contributed by atoms with van der Waals surface area (Å²) in [7, 11) is -1.88. The predicted octanol–water partition coefficient (Wildman–Crippen LogP) is 2.11. The number of hydrogen-bond donors (Lipinski definition) is 1. The summed E-state index contributed by atoms with van der Waals surface area (Å²) >= 11 is 0. The maximum Gasteiger partial charge on any atom is 0.263 e. The molecule has 0 radical (unpaired) electrons. The number of sulfonamides is 1. The molecule has 0 amide bonds. The Hall–Kier alpha value is -2.18. The Balaban J connectivity index is 1.88. The highest BCUT2D eigenvalue weighted by atomic mass is 32.2. The normalized spacial score (nSPS) is 18.7. The number of hydrogen-bond acceptors (Lipinski definition) is 4. The van der Waals surface area contributed by atoms with Crippen molar-refractivity contribution in [3.05, 3.63) is 65.7 Å². The second-order valence-corrected chi connectivity index (χ2v) is 6.58. The summed E-state index contributed by atoms with van der Waals surface area (Å²) < 4.78 is 32.0. The molecular weight excluding hydrogens is 300 g/mol. The van der Waals surface area contributed by atoms with E-state index in [0.29, 0.717) is 17.9 Å². The minimum absolute atomic E-state index is 0.217. The number of benzene rings is 2. The lowest BCUT2D eigenvalue weighted by atomic mass is 10.1. The molecule has 0 saturated heterocycles. The first-order valence-electron chi connectivity index (χ1n) is 6.86. The Labute approximate surface area is 129 Å². The Kier molecular flexibility index (Phi) is 3.96. The molecule has 22 heavy (non-hydrogen) atoms. The quantitative estimate of drug-likeness (QED) is 0.939. The summed E-state index contributed by atoms with van der Waals surface area (Å²) in [4.78, 5) is 4.68. The first-order valence-corrected chi connectivity index (χ1v) is 8.34. The summed E-state index contributed by atoms with van der Waals surface area (Å²) in [6, 6.07) is 16.5. The van der Waals surface area contributed by atoms with Gasteiger partial charge in [0.15, 0.2) is 0 Å². The van der Waals surface area contributed by atoms with Gasteiger partial charge in [-0.3, -0.25) is 9.71 Å². The van der Waals surface area contributed by atoms with Crippen LogP contribution in [0.5, 0.6) is 0 Å². The monoisotopic (exact) mass is 316 g/mol. The molecule has 1 heterocycles. The molecule has 0 aliphatic carbocycles. The van der Waals surface area contributed by atoms with Crippen LogP contribution in [-0.2, 0) is 14.8 Å². The number of nitrogens with one attached hydrogen (secondary N) is 1. The fourth-order valence-electron chi connectivity index (χ4n) is 2.41. The van der Waals surface area contributed by atoms with E-state index >= 15 is 0 Å². The van der Waals surface area contributed by atoms with Crippen molar-refractivity contribution in [1.29, 1.82) is 0 Å². The van der Waals surface area contributed by atoms with E-state index < -0.39 is 10.0 Å². The van der Waals surface area contributed by atoms with Crippen molar-refractivity contribution in [2.75, 3.05) is 13.7 Å². The van der Waals surface area contributed by atoms with Crippen LogP contribution in [-0.4, -0.2) is 27.9 Å². The van der Waals surface area contributed by atoms with Gasteiger partial charge in [-0.1, -0.05) is 42.5 Å². The highest BCUT2D eigenvalue weighted by molar-refractivity contribution is 7.90. The molecule has 114 valence electrons. The molecule has 1 N–H and O–H groups in total. The fraction of sp³-hybridized carbons (Fsp3) is 0.188. The van der Waals surface area contributed by atoms with Gasteiger partial charge in [-0.25, -0.2) is 8.42 Å². The van der Waals surface area contributed by atoms with Crippen molar-refractivity contribution in [3.8, 4) is 0 Å². The van der Waals surface area contributed by atoms with Crippen molar-refractivity contribution < 1.29 is 13.2 Å². The molecule has 0 aromatic heterocycles. The van der Waals surface area contributed by atoms with Crippen molar-refractivity contribution in [3.63, 3.8) is 0 Å². The van der Waals surface area contributed by atoms with Crippen molar-refractivity contribution in [2.24, 2.45) is 4.99 Å². The van der Waals surface area contributed by atoms with Gasteiger partial charge in [-0.05, 0) is 17.7 Å². The van der Waals surface area contributed by atoms with Crippen LogP contribution in [0.25, 0.3) is 0 Å². The number of aliphatic imine (C=N–C) groups is 1. The summed E-state index contributed by atoms with van der Waals surface area (Å²) in [6.45, 7) is 0.340. The van der Waals surface area contributed by atoms with Crippen molar-refractivity contribution >= 4 is 15.9 Å². The Morgan fingerprint density at radius 3 is 2.50 bits per heavy atom.